The number of carboxylic acid groups (broad SMARTS) is 1. The third-order valence-electron chi connectivity index (χ3n) is 4.44. The van der Waals surface area contributed by atoms with Crippen molar-refractivity contribution in [3.63, 3.8) is 0 Å². The lowest BCUT2D eigenvalue weighted by molar-refractivity contribution is -0.149. The van der Waals surface area contributed by atoms with Crippen LogP contribution in [-0.4, -0.2) is 60.9 Å². The first-order valence-corrected chi connectivity index (χ1v) is 6.80. The highest BCUT2D eigenvalue weighted by Gasteiger charge is 2.39. The molecule has 0 aromatic carbocycles. The van der Waals surface area contributed by atoms with Gasteiger partial charge >= 0.3 is 5.97 Å². The standard InChI is InChI=1S/C13H24N2O3/c1-15(2)13(6-3-7-13)9-14-8-10-4-5-11(18-10)12(16)17/h10-11,14H,3-9H2,1-2H3,(H,16,17). The Morgan fingerprint density at radius 2 is 2.17 bits per heavy atom. The average molecular weight is 256 g/mol. The van der Waals surface area contributed by atoms with Gasteiger partial charge in [-0.25, -0.2) is 4.79 Å². The van der Waals surface area contributed by atoms with Gasteiger partial charge in [-0.2, -0.15) is 0 Å². The van der Waals surface area contributed by atoms with Crippen LogP contribution in [0.15, 0.2) is 0 Å². The van der Waals surface area contributed by atoms with Crippen LogP contribution in [0.2, 0.25) is 0 Å². The SMILES string of the molecule is CN(C)C1(CNCC2CCC(C(=O)O)O2)CCC1. The summed E-state index contributed by atoms with van der Waals surface area (Å²) in [7, 11) is 4.26. The first-order chi connectivity index (χ1) is 8.53. The van der Waals surface area contributed by atoms with E-state index in [-0.39, 0.29) is 6.10 Å². The van der Waals surface area contributed by atoms with Gasteiger partial charge in [-0.1, -0.05) is 0 Å². The molecule has 2 aliphatic rings. The number of likely N-dealkylation sites (N-methyl/N-ethyl adjacent to an activating group) is 1. The molecule has 1 heterocycles. The van der Waals surface area contributed by atoms with E-state index >= 15 is 0 Å². The number of carbonyl (C=O) groups is 1. The summed E-state index contributed by atoms with van der Waals surface area (Å²) in [6.45, 7) is 1.73. The highest BCUT2D eigenvalue weighted by atomic mass is 16.5. The van der Waals surface area contributed by atoms with Crippen molar-refractivity contribution in [3.8, 4) is 0 Å². The van der Waals surface area contributed by atoms with Crippen LogP contribution in [0.25, 0.3) is 0 Å². The van der Waals surface area contributed by atoms with E-state index < -0.39 is 12.1 Å². The van der Waals surface area contributed by atoms with Crippen LogP contribution in [0.3, 0.4) is 0 Å². The lowest BCUT2D eigenvalue weighted by Crippen LogP contribution is -2.57. The number of aliphatic carboxylic acids is 1. The summed E-state index contributed by atoms with van der Waals surface area (Å²) in [6, 6.07) is 0. The van der Waals surface area contributed by atoms with Gasteiger partial charge in [-0.3, -0.25) is 0 Å². The molecular weight excluding hydrogens is 232 g/mol. The smallest absolute Gasteiger partial charge is 0.332 e. The molecule has 0 radical (unpaired) electrons. The molecule has 104 valence electrons. The van der Waals surface area contributed by atoms with E-state index in [1.165, 1.54) is 19.3 Å². The minimum Gasteiger partial charge on any atom is -0.479 e. The van der Waals surface area contributed by atoms with Crippen molar-refractivity contribution in [1.82, 2.24) is 10.2 Å². The van der Waals surface area contributed by atoms with Crippen molar-refractivity contribution in [2.75, 3.05) is 27.2 Å². The van der Waals surface area contributed by atoms with Gasteiger partial charge in [-0.05, 0) is 46.2 Å². The van der Waals surface area contributed by atoms with Gasteiger partial charge in [-0.15, -0.1) is 0 Å². The molecule has 0 aromatic rings. The van der Waals surface area contributed by atoms with E-state index in [2.05, 4.69) is 24.3 Å². The number of rotatable bonds is 6. The van der Waals surface area contributed by atoms with Gasteiger partial charge in [0, 0.05) is 18.6 Å². The monoisotopic (exact) mass is 256 g/mol. The van der Waals surface area contributed by atoms with Crippen LogP contribution in [0.4, 0.5) is 0 Å². The minimum atomic E-state index is -0.832. The van der Waals surface area contributed by atoms with E-state index in [1.807, 2.05) is 0 Å². The second-order valence-electron chi connectivity index (χ2n) is 5.77. The van der Waals surface area contributed by atoms with Crippen molar-refractivity contribution in [1.29, 1.82) is 0 Å². The molecule has 2 N–H and O–H groups in total. The molecule has 2 fully saturated rings. The van der Waals surface area contributed by atoms with Crippen molar-refractivity contribution in [2.24, 2.45) is 0 Å². The van der Waals surface area contributed by atoms with Crippen LogP contribution in [0, 0.1) is 0 Å². The zero-order valence-electron chi connectivity index (χ0n) is 11.3. The topological polar surface area (TPSA) is 61.8 Å². The number of hydrogen-bond donors (Lipinski definition) is 2. The quantitative estimate of drug-likeness (QED) is 0.732. The minimum absolute atomic E-state index is 0.0605. The first kappa shape index (κ1) is 13.8. The number of nitrogens with one attached hydrogen (secondary N) is 1. The highest BCUT2D eigenvalue weighted by Crippen LogP contribution is 2.35. The Kier molecular flexibility index (Phi) is 4.25. The number of nitrogens with zero attached hydrogens (tertiary/aromatic N) is 1. The second kappa shape index (κ2) is 5.55. The molecule has 2 rings (SSSR count). The Hall–Kier alpha value is -0.650. The highest BCUT2D eigenvalue weighted by molar-refractivity contribution is 5.72. The molecule has 1 aliphatic heterocycles. The molecule has 2 atom stereocenters. The zero-order chi connectivity index (χ0) is 13.2. The average Bonchev–Trinajstić information content (AvgIpc) is 2.70. The fourth-order valence-electron chi connectivity index (χ4n) is 2.87. The fraction of sp³-hybridized carbons (Fsp3) is 0.923. The van der Waals surface area contributed by atoms with Crippen LogP contribution >= 0.6 is 0 Å². The molecule has 0 aromatic heterocycles. The van der Waals surface area contributed by atoms with Gasteiger partial charge < -0.3 is 20.1 Å². The van der Waals surface area contributed by atoms with Gasteiger partial charge in [0.05, 0.1) is 6.10 Å². The van der Waals surface area contributed by atoms with Crippen molar-refractivity contribution in [3.05, 3.63) is 0 Å². The molecule has 1 aliphatic carbocycles. The Morgan fingerprint density at radius 1 is 1.44 bits per heavy atom. The van der Waals surface area contributed by atoms with Crippen molar-refractivity contribution >= 4 is 5.97 Å². The molecule has 1 saturated heterocycles. The maximum Gasteiger partial charge on any atom is 0.332 e. The summed E-state index contributed by atoms with van der Waals surface area (Å²) in [4.78, 5) is 13.1. The summed E-state index contributed by atoms with van der Waals surface area (Å²) in [5.74, 6) is -0.832. The van der Waals surface area contributed by atoms with E-state index in [0.717, 1.165) is 19.5 Å². The zero-order valence-corrected chi connectivity index (χ0v) is 11.3. The Labute approximate surface area is 108 Å². The number of carboxylic acids is 1. The number of ether oxygens (including phenoxy) is 1. The van der Waals surface area contributed by atoms with Gasteiger partial charge in [0.25, 0.3) is 0 Å². The third-order valence-corrected chi connectivity index (χ3v) is 4.44. The molecule has 2 unspecified atom stereocenters. The summed E-state index contributed by atoms with van der Waals surface area (Å²) < 4.78 is 5.47. The predicted molar refractivity (Wildman–Crippen MR) is 68.7 cm³/mol. The molecule has 0 bridgehead atoms. The third kappa shape index (κ3) is 2.84. The Bertz CT molecular complexity index is 303. The molecular formula is C13H24N2O3. The van der Waals surface area contributed by atoms with Crippen LogP contribution in [-0.2, 0) is 9.53 Å². The molecule has 1 saturated carbocycles. The molecule has 0 spiro atoms. The largest absolute Gasteiger partial charge is 0.479 e. The molecule has 5 heteroatoms. The van der Waals surface area contributed by atoms with E-state index in [0.29, 0.717) is 12.0 Å². The predicted octanol–water partition coefficient (Wildman–Crippen LogP) is 0.693. The Balaban J connectivity index is 1.68. The van der Waals surface area contributed by atoms with E-state index in [9.17, 15) is 4.79 Å². The normalized spacial score (nSPS) is 30.4. The lowest BCUT2D eigenvalue weighted by atomic mass is 9.75. The molecule has 0 amide bonds. The summed E-state index contributed by atoms with van der Waals surface area (Å²) in [6.07, 6.45) is 4.75. The summed E-state index contributed by atoms with van der Waals surface area (Å²) >= 11 is 0. The van der Waals surface area contributed by atoms with Crippen LogP contribution < -0.4 is 5.32 Å². The van der Waals surface area contributed by atoms with Crippen molar-refractivity contribution in [2.45, 2.75) is 49.9 Å². The summed E-state index contributed by atoms with van der Waals surface area (Å²) in [5, 5.41) is 12.3. The maximum absolute atomic E-state index is 10.8. The fourth-order valence-corrected chi connectivity index (χ4v) is 2.87. The van der Waals surface area contributed by atoms with E-state index in [4.69, 9.17) is 9.84 Å². The van der Waals surface area contributed by atoms with Gasteiger partial charge in [0.2, 0.25) is 0 Å². The summed E-state index contributed by atoms with van der Waals surface area (Å²) in [5.41, 5.74) is 0.310. The second-order valence-corrected chi connectivity index (χ2v) is 5.77. The molecule has 18 heavy (non-hydrogen) atoms. The van der Waals surface area contributed by atoms with Gasteiger partial charge in [0.15, 0.2) is 6.10 Å². The van der Waals surface area contributed by atoms with Gasteiger partial charge in [0.1, 0.15) is 0 Å². The first-order valence-electron chi connectivity index (χ1n) is 6.80. The van der Waals surface area contributed by atoms with Crippen LogP contribution in [0.5, 0.6) is 0 Å². The molecule has 5 nitrogen and oxygen atoms in total. The van der Waals surface area contributed by atoms with Crippen molar-refractivity contribution < 1.29 is 14.6 Å². The van der Waals surface area contributed by atoms with E-state index in [1.54, 1.807) is 0 Å². The lowest BCUT2D eigenvalue weighted by Gasteiger charge is -2.47. The Morgan fingerprint density at radius 3 is 2.61 bits per heavy atom. The van der Waals surface area contributed by atoms with Crippen LogP contribution in [0.1, 0.15) is 32.1 Å². The maximum atomic E-state index is 10.8. The number of hydrogen-bond acceptors (Lipinski definition) is 4.